The molecule has 2 heterocycles. The quantitative estimate of drug-likeness (QED) is 0.156. The standard InChI is InChI=1S/C38H42ClN3O5/c1-26-34(24-42-20-18-38(45,19-21-42)31-14-16-32(39)17-15-31)46-36(47-35(26)29-12-10-28(25-43)11-13-29)30-8-5-9-33(22-30)41-37(44)40-23-27-6-3-2-4-7-27/h2-17,22,26,34-36,43,45H,18-21,23-25H2,1H3,(H2,40,41,44)/t26-,34+,35+,36+/m0/s1. The normalized spacial score (nSPS) is 22.8. The number of aliphatic hydroxyl groups excluding tert-OH is 1. The highest BCUT2D eigenvalue weighted by molar-refractivity contribution is 6.30. The summed E-state index contributed by atoms with van der Waals surface area (Å²) in [4.78, 5) is 15.1. The van der Waals surface area contributed by atoms with Crippen LogP contribution in [0.1, 0.15) is 60.0 Å². The van der Waals surface area contributed by atoms with Crippen molar-refractivity contribution < 1.29 is 24.5 Å². The van der Waals surface area contributed by atoms with Crippen molar-refractivity contribution in [2.45, 2.75) is 57.0 Å². The third kappa shape index (κ3) is 8.22. The number of urea groups is 1. The summed E-state index contributed by atoms with van der Waals surface area (Å²) in [6.07, 6.45) is 0.143. The van der Waals surface area contributed by atoms with Gasteiger partial charge >= 0.3 is 6.03 Å². The maximum Gasteiger partial charge on any atom is 0.319 e. The van der Waals surface area contributed by atoms with E-state index in [1.165, 1.54) is 0 Å². The molecule has 4 atom stereocenters. The number of ether oxygens (including phenoxy) is 2. The van der Waals surface area contributed by atoms with Crippen molar-refractivity contribution in [1.82, 2.24) is 10.2 Å². The lowest BCUT2D eigenvalue weighted by Crippen LogP contribution is -2.49. The molecule has 4 aromatic rings. The molecule has 6 rings (SSSR count). The fourth-order valence-corrected chi connectivity index (χ4v) is 6.58. The number of carbonyl (C=O) groups excluding carboxylic acids is 1. The van der Waals surface area contributed by atoms with Crippen LogP contribution in [0.3, 0.4) is 0 Å². The van der Waals surface area contributed by atoms with Crippen LogP contribution in [0.5, 0.6) is 0 Å². The maximum absolute atomic E-state index is 12.7. The minimum absolute atomic E-state index is 0.0216. The molecule has 8 nitrogen and oxygen atoms in total. The fourth-order valence-electron chi connectivity index (χ4n) is 6.45. The van der Waals surface area contributed by atoms with Crippen molar-refractivity contribution in [1.29, 1.82) is 0 Å². The summed E-state index contributed by atoms with van der Waals surface area (Å²) in [6.45, 7) is 4.68. The molecule has 0 radical (unpaired) electrons. The summed E-state index contributed by atoms with van der Waals surface area (Å²) in [6, 6.07) is 32.4. The van der Waals surface area contributed by atoms with Crippen molar-refractivity contribution in [3.8, 4) is 0 Å². The number of halogens is 1. The van der Waals surface area contributed by atoms with Gasteiger partial charge in [0.05, 0.1) is 24.4 Å². The SMILES string of the molecule is C[C@H]1[C@@H](CN2CCC(O)(c3ccc(Cl)cc3)CC2)O[C@@H](c2cccc(NC(=O)NCc3ccccc3)c2)O[C@H]1c1ccc(CO)cc1. The Bertz CT molecular complexity index is 1610. The molecule has 2 fully saturated rings. The Labute approximate surface area is 281 Å². The number of benzene rings is 4. The second-order valence-electron chi connectivity index (χ2n) is 12.6. The number of nitrogens with zero attached hydrogens (tertiary/aromatic N) is 1. The van der Waals surface area contributed by atoms with Crippen LogP contribution in [0, 0.1) is 5.92 Å². The summed E-state index contributed by atoms with van der Waals surface area (Å²) in [5, 5.41) is 27.5. The molecule has 0 aliphatic carbocycles. The van der Waals surface area contributed by atoms with E-state index in [1.807, 2.05) is 103 Å². The summed E-state index contributed by atoms with van der Waals surface area (Å²) in [7, 11) is 0. The molecule has 9 heteroatoms. The minimum Gasteiger partial charge on any atom is -0.392 e. The number of piperidine rings is 1. The first-order valence-electron chi connectivity index (χ1n) is 16.2. The molecule has 246 valence electrons. The largest absolute Gasteiger partial charge is 0.392 e. The maximum atomic E-state index is 12.7. The van der Waals surface area contributed by atoms with Gasteiger partial charge in [-0.05, 0) is 59.4 Å². The molecule has 2 amide bonds. The zero-order valence-corrected chi connectivity index (χ0v) is 27.3. The number of anilines is 1. The zero-order chi connectivity index (χ0) is 32.8. The van der Waals surface area contributed by atoms with E-state index in [2.05, 4.69) is 22.5 Å². The van der Waals surface area contributed by atoms with Crippen LogP contribution in [-0.2, 0) is 28.2 Å². The smallest absolute Gasteiger partial charge is 0.319 e. The van der Waals surface area contributed by atoms with Gasteiger partial charge in [0.1, 0.15) is 0 Å². The lowest BCUT2D eigenvalue weighted by molar-refractivity contribution is -0.277. The number of likely N-dealkylation sites (tertiary alicyclic amines) is 1. The van der Waals surface area contributed by atoms with Gasteiger partial charge in [0.25, 0.3) is 0 Å². The number of aliphatic hydroxyl groups is 2. The Morgan fingerprint density at radius 2 is 1.62 bits per heavy atom. The van der Waals surface area contributed by atoms with E-state index < -0.39 is 11.9 Å². The number of carbonyl (C=O) groups is 1. The third-order valence-corrected chi connectivity index (χ3v) is 9.59. The van der Waals surface area contributed by atoms with Crippen LogP contribution in [0.4, 0.5) is 10.5 Å². The number of amides is 2. The molecule has 2 aliphatic heterocycles. The van der Waals surface area contributed by atoms with Crippen LogP contribution in [0.2, 0.25) is 5.02 Å². The lowest BCUT2D eigenvalue weighted by Gasteiger charge is -2.45. The molecule has 0 unspecified atom stereocenters. The molecule has 4 N–H and O–H groups in total. The molecule has 4 aromatic carbocycles. The van der Waals surface area contributed by atoms with Gasteiger partial charge in [-0.2, -0.15) is 0 Å². The Kier molecular flexibility index (Phi) is 10.6. The van der Waals surface area contributed by atoms with E-state index >= 15 is 0 Å². The second kappa shape index (κ2) is 15.0. The highest BCUT2D eigenvalue weighted by atomic mass is 35.5. The zero-order valence-electron chi connectivity index (χ0n) is 26.5. The highest BCUT2D eigenvalue weighted by Gasteiger charge is 2.41. The predicted molar refractivity (Wildman–Crippen MR) is 183 cm³/mol. The lowest BCUT2D eigenvalue weighted by atomic mass is 9.84. The minimum atomic E-state index is -0.885. The van der Waals surface area contributed by atoms with E-state index in [9.17, 15) is 15.0 Å². The molecular weight excluding hydrogens is 614 g/mol. The Morgan fingerprint density at radius 3 is 2.32 bits per heavy atom. The summed E-state index contributed by atoms with van der Waals surface area (Å²) < 4.78 is 13.3. The van der Waals surface area contributed by atoms with Gasteiger partial charge in [-0.25, -0.2) is 4.79 Å². The Hall–Kier alpha value is -3.76. The predicted octanol–water partition coefficient (Wildman–Crippen LogP) is 6.93. The van der Waals surface area contributed by atoms with E-state index in [4.69, 9.17) is 21.1 Å². The fraction of sp³-hybridized carbons (Fsp3) is 0.342. The monoisotopic (exact) mass is 655 g/mol. The number of hydrogen-bond acceptors (Lipinski definition) is 6. The average molecular weight is 656 g/mol. The molecule has 0 spiro atoms. The second-order valence-corrected chi connectivity index (χ2v) is 13.0. The van der Waals surface area contributed by atoms with E-state index in [-0.39, 0.29) is 30.8 Å². The molecule has 2 saturated heterocycles. The van der Waals surface area contributed by atoms with Crippen molar-refractivity contribution in [2.75, 3.05) is 25.0 Å². The van der Waals surface area contributed by atoms with Gasteiger partial charge in [0.2, 0.25) is 0 Å². The van der Waals surface area contributed by atoms with E-state index in [0.717, 1.165) is 40.9 Å². The van der Waals surface area contributed by atoms with Crippen molar-refractivity contribution >= 4 is 23.3 Å². The summed E-state index contributed by atoms with van der Waals surface area (Å²) in [5.74, 6) is 0.0216. The van der Waals surface area contributed by atoms with Gasteiger partial charge in [-0.1, -0.05) is 97.4 Å². The van der Waals surface area contributed by atoms with Crippen molar-refractivity contribution in [3.63, 3.8) is 0 Å². The van der Waals surface area contributed by atoms with E-state index in [1.54, 1.807) is 0 Å². The molecule has 0 bridgehead atoms. The first-order valence-corrected chi connectivity index (χ1v) is 16.6. The van der Waals surface area contributed by atoms with Crippen molar-refractivity contribution in [2.24, 2.45) is 5.92 Å². The van der Waals surface area contributed by atoms with Crippen LogP contribution in [0.15, 0.2) is 103 Å². The Balaban J connectivity index is 1.16. The van der Waals surface area contributed by atoms with Crippen LogP contribution in [-0.4, -0.2) is 46.9 Å². The molecular formula is C38H42ClN3O5. The first kappa shape index (κ1) is 33.2. The number of nitrogens with one attached hydrogen (secondary N) is 2. The third-order valence-electron chi connectivity index (χ3n) is 9.34. The van der Waals surface area contributed by atoms with Gasteiger partial charge in [-0.3, -0.25) is 0 Å². The highest BCUT2D eigenvalue weighted by Crippen LogP contribution is 2.43. The van der Waals surface area contributed by atoms with Gasteiger partial charge in [0.15, 0.2) is 6.29 Å². The summed E-state index contributed by atoms with van der Waals surface area (Å²) >= 11 is 6.09. The van der Waals surface area contributed by atoms with Crippen LogP contribution >= 0.6 is 11.6 Å². The molecule has 47 heavy (non-hydrogen) atoms. The Morgan fingerprint density at radius 1 is 0.894 bits per heavy atom. The average Bonchev–Trinajstić information content (AvgIpc) is 3.10. The summed E-state index contributed by atoms with van der Waals surface area (Å²) in [5.41, 5.74) is 4.31. The van der Waals surface area contributed by atoms with Crippen molar-refractivity contribution in [3.05, 3.63) is 136 Å². The number of hydrogen-bond donors (Lipinski definition) is 4. The number of rotatable bonds is 9. The van der Waals surface area contributed by atoms with Gasteiger partial charge in [-0.15, -0.1) is 0 Å². The van der Waals surface area contributed by atoms with Crippen LogP contribution < -0.4 is 10.6 Å². The molecule has 2 aliphatic rings. The van der Waals surface area contributed by atoms with Gasteiger partial charge < -0.3 is 35.2 Å². The molecule has 0 saturated carbocycles. The first-order chi connectivity index (χ1) is 22.8. The topological polar surface area (TPSA) is 103 Å². The van der Waals surface area contributed by atoms with Crippen LogP contribution in [0.25, 0.3) is 0 Å². The van der Waals surface area contributed by atoms with E-state index in [0.29, 0.717) is 36.6 Å². The van der Waals surface area contributed by atoms with Gasteiger partial charge in [0, 0.05) is 48.4 Å². The molecule has 0 aromatic heterocycles.